The summed E-state index contributed by atoms with van der Waals surface area (Å²) in [7, 11) is 0. The van der Waals surface area contributed by atoms with Crippen molar-refractivity contribution >= 4 is 0 Å². The molecule has 0 aromatic heterocycles. The fourth-order valence-corrected chi connectivity index (χ4v) is 2.77. The van der Waals surface area contributed by atoms with Crippen molar-refractivity contribution in [2.24, 2.45) is 17.8 Å². The molecule has 1 aliphatic rings. The first-order valence-corrected chi connectivity index (χ1v) is 6.24. The van der Waals surface area contributed by atoms with Gasteiger partial charge in [0.1, 0.15) is 0 Å². The molecule has 78 valence electrons. The molecule has 0 aromatic rings. The van der Waals surface area contributed by atoms with Crippen molar-refractivity contribution < 1.29 is 0 Å². The summed E-state index contributed by atoms with van der Waals surface area (Å²) >= 11 is 0. The third-order valence-corrected chi connectivity index (χ3v) is 3.71. The number of hydrogen-bond acceptors (Lipinski definition) is 0. The highest BCUT2D eigenvalue weighted by Crippen LogP contribution is 2.34. The Kier molecular flexibility index (Phi) is 4.83. The van der Waals surface area contributed by atoms with Crippen molar-refractivity contribution in [2.45, 2.75) is 65.7 Å². The Labute approximate surface area is 84.1 Å². The molecule has 0 N–H and O–H groups in total. The Hall–Kier alpha value is 0. The molecular formula is C13H26. The minimum Gasteiger partial charge on any atom is -0.0654 e. The van der Waals surface area contributed by atoms with Gasteiger partial charge in [-0.15, -0.1) is 0 Å². The van der Waals surface area contributed by atoms with Crippen LogP contribution in [-0.2, 0) is 0 Å². The predicted octanol–water partition coefficient (Wildman–Crippen LogP) is 4.64. The molecule has 1 atom stereocenters. The van der Waals surface area contributed by atoms with Crippen molar-refractivity contribution in [2.75, 3.05) is 0 Å². The first kappa shape index (κ1) is 11.1. The van der Waals surface area contributed by atoms with Gasteiger partial charge in [-0.25, -0.2) is 0 Å². The van der Waals surface area contributed by atoms with Gasteiger partial charge < -0.3 is 0 Å². The van der Waals surface area contributed by atoms with Gasteiger partial charge in [-0.05, 0) is 24.2 Å². The fraction of sp³-hybridized carbons (Fsp3) is 1.00. The highest BCUT2D eigenvalue weighted by atomic mass is 14.3. The standard InChI is InChI=1S/C13H26/c1-4-7-13(11(2)3)10-12-8-5-6-9-12/h11-13H,4-10H2,1-3H3. The monoisotopic (exact) mass is 182 g/mol. The highest BCUT2D eigenvalue weighted by molar-refractivity contribution is 4.73. The Bertz CT molecular complexity index is 120. The van der Waals surface area contributed by atoms with Gasteiger partial charge in [0.25, 0.3) is 0 Å². The molecule has 0 heterocycles. The van der Waals surface area contributed by atoms with Gasteiger partial charge in [-0.3, -0.25) is 0 Å². The van der Waals surface area contributed by atoms with Crippen LogP contribution in [0.4, 0.5) is 0 Å². The van der Waals surface area contributed by atoms with Crippen molar-refractivity contribution in [3.63, 3.8) is 0 Å². The SMILES string of the molecule is CCCC(CC1CCCC1)C(C)C. The van der Waals surface area contributed by atoms with Gasteiger partial charge >= 0.3 is 0 Å². The third-order valence-electron chi connectivity index (χ3n) is 3.71. The third kappa shape index (κ3) is 3.70. The van der Waals surface area contributed by atoms with E-state index in [1.807, 2.05) is 0 Å². The molecule has 0 aliphatic heterocycles. The van der Waals surface area contributed by atoms with E-state index in [4.69, 9.17) is 0 Å². The first-order valence-electron chi connectivity index (χ1n) is 6.24. The summed E-state index contributed by atoms with van der Waals surface area (Å²) in [4.78, 5) is 0. The average Bonchev–Trinajstić information content (AvgIpc) is 2.56. The fourth-order valence-electron chi connectivity index (χ4n) is 2.77. The summed E-state index contributed by atoms with van der Waals surface area (Å²) in [6.07, 6.45) is 10.4. The Morgan fingerprint density at radius 3 is 2.23 bits per heavy atom. The normalized spacial score (nSPS) is 21.2. The lowest BCUT2D eigenvalue weighted by molar-refractivity contribution is 0.280. The van der Waals surface area contributed by atoms with Crippen LogP contribution in [0.15, 0.2) is 0 Å². The predicted molar refractivity (Wildman–Crippen MR) is 59.8 cm³/mol. The molecule has 0 spiro atoms. The second-order valence-electron chi connectivity index (χ2n) is 5.18. The molecule has 1 fully saturated rings. The first-order chi connectivity index (χ1) is 6.24. The van der Waals surface area contributed by atoms with E-state index in [2.05, 4.69) is 20.8 Å². The maximum atomic E-state index is 2.40. The van der Waals surface area contributed by atoms with Gasteiger partial charge in [0.05, 0.1) is 0 Å². The Morgan fingerprint density at radius 2 is 1.77 bits per heavy atom. The lowest BCUT2D eigenvalue weighted by atomic mass is 9.83. The molecule has 1 aliphatic carbocycles. The summed E-state index contributed by atoms with van der Waals surface area (Å²) in [5, 5.41) is 0. The van der Waals surface area contributed by atoms with Crippen molar-refractivity contribution in [1.82, 2.24) is 0 Å². The van der Waals surface area contributed by atoms with E-state index in [9.17, 15) is 0 Å². The molecule has 0 nitrogen and oxygen atoms in total. The summed E-state index contributed by atoms with van der Waals surface area (Å²) in [5.74, 6) is 2.99. The van der Waals surface area contributed by atoms with Gasteiger partial charge in [0.2, 0.25) is 0 Å². The van der Waals surface area contributed by atoms with Crippen molar-refractivity contribution in [3.05, 3.63) is 0 Å². The quantitative estimate of drug-likeness (QED) is 0.581. The Balaban J connectivity index is 2.27. The zero-order chi connectivity index (χ0) is 9.68. The molecule has 1 rings (SSSR count). The van der Waals surface area contributed by atoms with E-state index in [0.717, 1.165) is 17.8 Å². The van der Waals surface area contributed by atoms with E-state index in [0.29, 0.717) is 0 Å². The van der Waals surface area contributed by atoms with Crippen LogP contribution in [0.5, 0.6) is 0 Å². The van der Waals surface area contributed by atoms with Crippen LogP contribution < -0.4 is 0 Å². The van der Waals surface area contributed by atoms with Crippen LogP contribution in [0, 0.1) is 17.8 Å². The van der Waals surface area contributed by atoms with E-state index >= 15 is 0 Å². The van der Waals surface area contributed by atoms with Crippen LogP contribution in [0.1, 0.15) is 65.7 Å². The zero-order valence-corrected chi connectivity index (χ0v) is 9.68. The van der Waals surface area contributed by atoms with E-state index in [-0.39, 0.29) is 0 Å². The van der Waals surface area contributed by atoms with Crippen molar-refractivity contribution in [1.29, 1.82) is 0 Å². The van der Waals surface area contributed by atoms with Crippen LogP contribution in [-0.4, -0.2) is 0 Å². The maximum absolute atomic E-state index is 2.40. The second-order valence-corrected chi connectivity index (χ2v) is 5.18. The minimum atomic E-state index is 0.903. The average molecular weight is 182 g/mol. The summed E-state index contributed by atoms with van der Waals surface area (Å²) in [6.45, 7) is 7.12. The topological polar surface area (TPSA) is 0 Å². The molecular weight excluding hydrogens is 156 g/mol. The number of hydrogen-bond donors (Lipinski definition) is 0. The smallest absolute Gasteiger partial charge is 0.0389 e. The molecule has 0 heteroatoms. The molecule has 0 saturated heterocycles. The van der Waals surface area contributed by atoms with Crippen LogP contribution in [0.25, 0.3) is 0 Å². The summed E-state index contributed by atoms with van der Waals surface area (Å²) in [5.41, 5.74) is 0. The molecule has 0 radical (unpaired) electrons. The molecule has 13 heavy (non-hydrogen) atoms. The highest BCUT2D eigenvalue weighted by Gasteiger charge is 2.21. The van der Waals surface area contributed by atoms with Crippen LogP contribution in [0.2, 0.25) is 0 Å². The van der Waals surface area contributed by atoms with Crippen LogP contribution >= 0.6 is 0 Å². The largest absolute Gasteiger partial charge is 0.0654 e. The lowest BCUT2D eigenvalue weighted by Gasteiger charge is -2.23. The van der Waals surface area contributed by atoms with E-state index in [1.54, 1.807) is 0 Å². The molecule has 0 bridgehead atoms. The molecule has 0 amide bonds. The minimum absolute atomic E-state index is 0.903. The van der Waals surface area contributed by atoms with Crippen molar-refractivity contribution in [3.8, 4) is 0 Å². The van der Waals surface area contributed by atoms with Gasteiger partial charge in [-0.2, -0.15) is 0 Å². The van der Waals surface area contributed by atoms with E-state index in [1.165, 1.54) is 44.9 Å². The zero-order valence-electron chi connectivity index (χ0n) is 9.68. The van der Waals surface area contributed by atoms with E-state index < -0.39 is 0 Å². The Morgan fingerprint density at radius 1 is 1.15 bits per heavy atom. The summed E-state index contributed by atoms with van der Waals surface area (Å²) in [6, 6.07) is 0. The molecule has 1 unspecified atom stereocenters. The molecule has 1 saturated carbocycles. The van der Waals surface area contributed by atoms with Gasteiger partial charge in [0, 0.05) is 0 Å². The number of rotatable bonds is 5. The second kappa shape index (κ2) is 5.67. The lowest BCUT2D eigenvalue weighted by Crippen LogP contribution is -2.12. The maximum Gasteiger partial charge on any atom is -0.0389 e. The van der Waals surface area contributed by atoms with Gasteiger partial charge in [0.15, 0.2) is 0 Å². The van der Waals surface area contributed by atoms with Crippen LogP contribution in [0.3, 0.4) is 0 Å². The van der Waals surface area contributed by atoms with Gasteiger partial charge in [-0.1, -0.05) is 59.3 Å². The molecule has 0 aromatic carbocycles. The summed E-state index contributed by atoms with van der Waals surface area (Å²) < 4.78 is 0.